The van der Waals surface area contributed by atoms with E-state index in [0.717, 1.165) is 27.7 Å². The summed E-state index contributed by atoms with van der Waals surface area (Å²) in [4.78, 5) is 46.6. The Morgan fingerprint density at radius 1 is 0.939 bits per heavy atom. The molecule has 0 saturated carbocycles. The van der Waals surface area contributed by atoms with Crippen LogP contribution < -0.4 is 5.73 Å². The highest BCUT2D eigenvalue weighted by atomic mass is 32.2. The van der Waals surface area contributed by atoms with E-state index in [-0.39, 0.29) is 25.0 Å². The molecule has 0 fully saturated rings. The molecule has 0 unspecified atom stereocenters. The van der Waals surface area contributed by atoms with Gasteiger partial charge in [-0.05, 0) is 67.8 Å². The predicted octanol–water partition coefficient (Wildman–Crippen LogP) is 4.71. The molecule has 256 valence electrons. The summed E-state index contributed by atoms with van der Waals surface area (Å²) in [5.41, 5.74) is 10.9. The molecule has 3 aromatic carbocycles. The lowest BCUT2D eigenvalue weighted by Crippen LogP contribution is -2.59. The molecule has 11 nitrogen and oxygen atoms in total. The molecule has 2 atom stereocenters. The maximum atomic E-state index is 14.9. The Morgan fingerprint density at radius 2 is 1.63 bits per heavy atom. The van der Waals surface area contributed by atoms with E-state index in [2.05, 4.69) is 10.1 Å². The maximum absolute atomic E-state index is 14.9. The largest absolute Gasteiger partial charge is 0.368 e. The van der Waals surface area contributed by atoms with E-state index in [1.54, 1.807) is 53.6 Å². The fourth-order valence-corrected chi connectivity index (χ4v) is 7.94. The number of nitrogens with two attached hydrogens (primary N) is 1. The summed E-state index contributed by atoms with van der Waals surface area (Å²) in [6.07, 6.45) is 5.80. The highest BCUT2D eigenvalue weighted by Gasteiger charge is 2.43. The zero-order chi connectivity index (χ0) is 35.3. The van der Waals surface area contributed by atoms with Crippen molar-refractivity contribution in [3.63, 3.8) is 0 Å². The number of fused-ring (bicyclic) bond motifs is 1. The number of nitrogens with zero attached hydrogens (tertiary/aromatic N) is 4. The molecule has 3 amide bonds. The molecule has 0 aliphatic rings. The Morgan fingerprint density at radius 3 is 2.27 bits per heavy atom. The minimum absolute atomic E-state index is 0.0242. The number of likely N-dealkylation sites (N-methyl/N-ethyl adjacent to an activating group) is 1. The Labute approximate surface area is 286 Å². The number of hydrogen-bond donors (Lipinski definition) is 2. The molecule has 0 radical (unpaired) electrons. The van der Waals surface area contributed by atoms with Gasteiger partial charge in [0.2, 0.25) is 15.9 Å². The Hall–Kier alpha value is -5.23. The Balaban J connectivity index is 1.59. The number of aryl methyl sites for hydroxylation is 2. The molecule has 0 saturated heterocycles. The van der Waals surface area contributed by atoms with Crippen LogP contribution in [0.5, 0.6) is 0 Å². The number of sulfonamides is 1. The van der Waals surface area contributed by atoms with Crippen LogP contribution in [0.2, 0.25) is 0 Å². The second-order valence-corrected chi connectivity index (χ2v) is 14.4. The van der Waals surface area contributed by atoms with Crippen molar-refractivity contribution in [2.75, 3.05) is 12.8 Å². The number of hydrogen-bond acceptors (Lipinski definition) is 6. The first kappa shape index (κ1) is 35.1. The first-order valence-corrected chi connectivity index (χ1v) is 17.8. The van der Waals surface area contributed by atoms with Gasteiger partial charge in [-0.2, -0.15) is 5.10 Å². The van der Waals surface area contributed by atoms with Gasteiger partial charge >= 0.3 is 0 Å². The Kier molecular flexibility index (Phi) is 10.7. The third-order valence-electron chi connectivity index (χ3n) is 8.65. The third kappa shape index (κ3) is 7.92. The number of nitrogens with one attached hydrogen (secondary N) is 1. The van der Waals surface area contributed by atoms with Crippen LogP contribution in [0.4, 0.5) is 0 Å². The van der Waals surface area contributed by atoms with Crippen molar-refractivity contribution in [1.82, 2.24) is 24.0 Å². The van der Waals surface area contributed by atoms with Crippen molar-refractivity contribution < 1.29 is 22.8 Å². The van der Waals surface area contributed by atoms with Gasteiger partial charge in [-0.3, -0.25) is 14.4 Å². The second-order valence-electron chi connectivity index (χ2n) is 12.4. The summed E-state index contributed by atoms with van der Waals surface area (Å²) in [6, 6.07) is 19.0. The molecule has 5 aromatic rings. The monoisotopic (exact) mass is 682 g/mol. The molecule has 0 aliphatic heterocycles. The standard InChI is InChI=1S/C37H42N6O5S/c1-5-6-18-49(47,48)43(33(35(38)44)23-29-24-39-32-11-8-7-10-31(29)32)37(46)34(41(4)36(45)28-20-25(2)19-26(3)21-28)22-27-12-14-30(15-13-27)42-17-9-16-40-42/h7-17,19-21,24,33-34,39H,5-6,18,22-23H2,1-4H3,(H2,38,44)/t33-,34-/m0/s1. The van der Waals surface area contributed by atoms with Crippen LogP contribution in [0.3, 0.4) is 0 Å². The van der Waals surface area contributed by atoms with Gasteiger partial charge in [0.1, 0.15) is 12.1 Å². The first-order valence-electron chi connectivity index (χ1n) is 16.2. The summed E-state index contributed by atoms with van der Waals surface area (Å²) in [5, 5.41) is 5.04. The molecule has 3 N–H and O–H groups in total. The van der Waals surface area contributed by atoms with Gasteiger partial charge in [-0.25, -0.2) is 17.4 Å². The molecular formula is C37H42N6O5S. The second kappa shape index (κ2) is 14.9. The van der Waals surface area contributed by atoms with Gasteiger partial charge in [0.15, 0.2) is 0 Å². The summed E-state index contributed by atoms with van der Waals surface area (Å²) in [5.74, 6) is -2.70. The minimum atomic E-state index is -4.37. The fraction of sp³-hybridized carbons (Fsp3) is 0.297. The topological polar surface area (TPSA) is 151 Å². The number of carbonyl (C=O) groups is 3. The zero-order valence-corrected chi connectivity index (χ0v) is 29.0. The van der Waals surface area contributed by atoms with Crippen LogP contribution in [-0.2, 0) is 32.5 Å². The van der Waals surface area contributed by atoms with Crippen molar-refractivity contribution >= 4 is 38.6 Å². The van der Waals surface area contributed by atoms with Crippen molar-refractivity contribution in [3.8, 4) is 5.69 Å². The van der Waals surface area contributed by atoms with E-state index in [4.69, 9.17) is 5.73 Å². The molecule has 0 bridgehead atoms. The molecular weight excluding hydrogens is 641 g/mol. The zero-order valence-electron chi connectivity index (χ0n) is 28.2. The van der Waals surface area contributed by atoms with E-state index in [1.807, 2.05) is 63.2 Å². The van der Waals surface area contributed by atoms with E-state index in [0.29, 0.717) is 27.4 Å². The minimum Gasteiger partial charge on any atom is -0.368 e. The summed E-state index contributed by atoms with van der Waals surface area (Å²) >= 11 is 0. The number of amides is 3. The maximum Gasteiger partial charge on any atom is 0.259 e. The normalized spacial score (nSPS) is 12.8. The summed E-state index contributed by atoms with van der Waals surface area (Å²) < 4.78 is 30.6. The van der Waals surface area contributed by atoms with Crippen LogP contribution in [0.15, 0.2) is 91.4 Å². The van der Waals surface area contributed by atoms with Gasteiger partial charge in [0.25, 0.3) is 11.8 Å². The molecule has 0 spiro atoms. The number of unbranched alkanes of at least 4 members (excludes halogenated alkanes) is 1. The number of para-hydroxylation sites is 1. The molecule has 12 heteroatoms. The van der Waals surface area contributed by atoms with Gasteiger partial charge in [0, 0.05) is 54.9 Å². The average Bonchev–Trinajstić information content (AvgIpc) is 3.76. The van der Waals surface area contributed by atoms with Gasteiger partial charge in [-0.15, -0.1) is 0 Å². The van der Waals surface area contributed by atoms with E-state index in [9.17, 15) is 22.8 Å². The number of aromatic amines is 1. The van der Waals surface area contributed by atoms with Gasteiger partial charge in [-0.1, -0.05) is 60.9 Å². The molecule has 2 heterocycles. The lowest BCUT2D eigenvalue weighted by molar-refractivity contribution is -0.137. The van der Waals surface area contributed by atoms with E-state index < -0.39 is 39.8 Å². The number of aromatic nitrogens is 3. The number of H-pyrrole nitrogens is 1. The van der Waals surface area contributed by atoms with Crippen LogP contribution in [0.25, 0.3) is 16.6 Å². The van der Waals surface area contributed by atoms with Crippen molar-refractivity contribution in [1.29, 1.82) is 0 Å². The molecule has 5 rings (SSSR count). The number of benzene rings is 3. The number of primary amides is 1. The van der Waals surface area contributed by atoms with Gasteiger partial charge < -0.3 is 15.6 Å². The number of carbonyl (C=O) groups excluding carboxylic acids is 3. The third-order valence-corrected chi connectivity index (χ3v) is 10.5. The first-order chi connectivity index (χ1) is 23.4. The highest BCUT2D eigenvalue weighted by Crippen LogP contribution is 2.25. The quantitative estimate of drug-likeness (QED) is 0.173. The van der Waals surface area contributed by atoms with E-state index in [1.165, 1.54) is 11.9 Å². The van der Waals surface area contributed by atoms with Crippen LogP contribution in [0, 0.1) is 13.8 Å². The molecule has 49 heavy (non-hydrogen) atoms. The van der Waals surface area contributed by atoms with Crippen molar-refractivity contribution in [3.05, 3.63) is 119 Å². The smallest absolute Gasteiger partial charge is 0.259 e. The lowest BCUT2D eigenvalue weighted by atomic mass is 10.00. The summed E-state index contributed by atoms with van der Waals surface area (Å²) in [7, 11) is -2.89. The predicted molar refractivity (Wildman–Crippen MR) is 190 cm³/mol. The van der Waals surface area contributed by atoms with E-state index >= 15 is 0 Å². The molecule has 0 aliphatic carbocycles. The Bertz CT molecular complexity index is 2030. The van der Waals surface area contributed by atoms with Crippen molar-refractivity contribution in [2.45, 2.75) is 58.5 Å². The number of rotatable bonds is 14. The van der Waals surface area contributed by atoms with Crippen LogP contribution >= 0.6 is 0 Å². The summed E-state index contributed by atoms with van der Waals surface area (Å²) in [6.45, 7) is 5.58. The van der Waals surface area contributed by atoms with Crippen molar-refractivity contribution in [2.24, 2.45) is 5.73 Å². The highest BCUT2D eigenvalue weighted by molar-refractivity contribution is 7.89. The van der Waals surface area contributed by atoms with Gasteiger partial charge in [0.05, 0.1) is 11.4 Å². The average molecular weight is 683 g/mol. The van der Waals surface area contributed by atoms with Crippen LogP contribution in [-0.4, -0.2) is 75.0 Å². The van der Waals surface area contributed by atoms with Crippen LogP contribution in [0.1, 0.15) is 52.4 Å². The molecule has 2 aromatic heterocycles. The SMILES string of the molecule is CCCCS(=O)(=O)N(C(=O)[C@H](Cc1ccc(-n2cccn2)cc1)N(C)C(=O)c1cc(C)cc(C)c1)[C@@H](Cc1c[nH]c2ccccc12)C(N)=O. The lowest BCUT2D eigenvalue weighted by Gasteiger charge is -2.35. The fourth-order valence-electron chi connectivity index (χ4n) is 6.13.